The Labute approximate surface area is 76.1 Å². The highest BCUT2D eigenvalue weighted by Crippen LogP contribution is 2.20. The van der Waals surface area contributed by atoms with Crippen molar-refractivity contribution in [3.8, 4) is 6.07 Å². The van der Waals surface area contributed by atoms with Crippen molar-refractivity contribution in [2.45, 2.75) is 12.5 Å². The normalized spacial score (nSPS) is 21.3. The molecule has 1 saturated heterocycles. The molecule has 0 spiro atoms. The van der Waals surface area contributed by atoms with E-state index < -0.39 is 0 Å². The van der Waals surface area contributed by atoms with Gasteiger partial charge in [-0.25, -0.2) is 0 Å². The fourth-order valence-electron chi connectivity index (χ4n) is 1.34. The molecule has 4 nitrogen and oxygen atoms in total. The van der Waals surface area contributed by atoms with Gasteiger partial charge in [-0.3, -0.25) is 4.98 Å². The summed E-state index contributed by atoms with van der Waals surface area (Å²) in [6, 6.07) is 4.07. The van der Waals surface area contributed by atoms with E-state index >= 15 is 0 Å². The predicted molar refractivity (Wildman–Crippen MR) is 45.4 cm³/mol. The number of nitrogens with zero attached hydrogens (tertiary/aromatic N) is 2. The minimum atomic E-state index is 0.181. The standard InChI is InChI=1S/C9H9N3O/c10-4-7-3-8(6-11-5-7)9-1-2-13-12-9/h3,5-6,9,12H,1-2H2. The first-order valence-electron chi connectivity index (χ1n) is 4.12. The average Bonchev–Trinajstić information content (AvgIpc) is 2.71. The number of hydrogen-bond donors (Lipinski definition) is 1. The lowest BCUT2D eigenvalue weighted by Crippen LogP contribution is -2.11. The first kappa shape index (κ1) is 8.17. The number of pyridine rings is 1. The van der Waals surface area contributed by atoms with Crippen molar-refractivity contribution in [3.63, 3.8) is 0 Å². The summed E-state index contributed by atoms with van der Waals surface area (Å²) in [5, 5.41) is 8.66. The Morgan fingerprint density at radius 1 is 1.62 bits per heavy atom. The van der Waals surface area contributed by atoms with Crippen LogP contribution in [0, 0.1) is 11.3 Å². The van der Waals surface area contributed by atoms with E-state index in [2.05, 4.69) is 16.5 Å². The summed E-state index contributed by atoms with van der Waals surface area (Å²) in [6.45, 7) is 0.710. The van der Waals surface area contributed by atoms with Crippen LogP contribution in [-0.2, 0) is 4.84 Å². The van der Waals surface area contributed by atoms with E-state index in [9.17, 15) is 0 Å². The molecule has 1 aromatic rings. The van der Waals surface area contributed by atoms with Gasteiger partial charge in [0, 0.05) is 12.4 Å². The molecule has 1 aromatic heterocycles. The molecule has 0 aliphatic carbocycles. The molecule has 1 atom stereocenters. The van der Waals surface area contributed by atoms with Crippen LogP contribution in [0.3, 0.4) is 0 Å². The van der Waals surface area contributed by atoms with Gasteiger partial charge in [0.2, 0.25) is 0 Å². The zero-order chi connectivity index (χ0) is 9.10. The molecule has 1 aliphatic rings. The maximum Gasteiger partial charge on any atom is 0.101 e. The molecule has 13 heavy (non-hydrogen) atoms. The third-order valence-electron chi connectivity index (χ3n) is 2.03. The third kappa shape index (κ3) is 1.66. The quantitative estimate of drug-likeness (QED) is 0.689. The molecule has 1 N–H and O–H groups in total. The fourth-order valence-corrected chi connectivity index (χ4v) is 1.34. The highest BCUT2D eigenvalue weighted by Gasteiger charge is 2.17. The molecule has 66 valence electrons. The first-order valence-corrected chi connectivity index (χ1v) is 4.12. The number of aromatic nitrogens is 1. The lowest BCUT2D eigenvalue weighted by atomic mass is 10.1. The molecule has 1 aliphatic heterocycles. The van der Waals surface area contributed by atoms with Crippen molar-refractivity contribution in [2.24, 2.45) is 0 Å². The monoisotopic (exact) mass is 175 g/mol. The van der Waals surface area contributed by atoms with Crippen LogP contribution in [0.15, 0.2) is 18.5 Å². The van der Waals surface area contributed by atoms with Crippen molar-refractivity contribution in [1.82, 2.24) is 10.5 Å². The van der Waals surface area contributed by atoms with Crippen molar-refractivity contribution in [2.75, 3.05) is 6.61 Å². The molecule has 1 fully saturated rings. The average molecular weight is 175 g/mol. The molecule has 4 heteroatoms. The Balaban J connectivity index is 2.25. The van der Waals surface area contributed by atoms with Gasteiger partial charge in [-0.05, 0) is 18.1 Å². The molecular weight excluding hydrogens is 166 g/mol. The van der Waals surface area contributed by atoms with Crippen molar-refractivity contribution < 1.29 is 4.84 Å². The van der Waals surface area contributed by atoms with Crippen LogP contribution >= 0.6 is 0 Å². The summed E-state index contributed by atoms with van der Waals surface area (Å²) in [5.74, 6) is 0. The number of hydroxylamine groups is 1. The van der Waals surface area contributed by atoms with Crippen LogP contribution in [0.1, 0.15) is 23.6 Å². The molecule has 2 rings (SSSR count). The lowest BCUT2D eigenvalue weighted by Gasteiger charge is -2.07. The van der Waals surface area contributed by atoms with Crippen molar-refractivity contribution in [1.29, 1.82) is 5.26 Å². The number of nitrogens with one attached hydrogen (secondary N) is 1. The zero-order valence-corrected chi connectivity index (χ0v) is 7.03. The second-order valence-corrected chi connectivity index (χ2v) is 2.93. The molecule has 0 bridgehead atoms. The van der Waals surface area contributed by atoms with Crippen LogP contribution in [0.2, 0.25) is 0 Å². The molecular formula is C9H9N3O. The number of rotatable bonds is 1. The van der Waals surface area contributed by atoms with E-state index in [0.717, 1.165) is 12.0 Å². The van der Waals surface area contributed by atoms with Crippen LogP contribution < -0.4 is 5.48 Å². The van der Waals surface area contributed by atoms with Gasteiger partial charge in [0.1, 0.15) is 6.07 Å². The summed E-state index contributed by atoms with van der Waals surface area (Å²) < 4.78 is 0. The van der Waals surface area contributed by atoms with Gasteiger partial charge in [-0.1, -0.05) is 0 Å². The van der Waals surface area contributed by atoms with E-state index in [4.69, 9.17) is 10.1 Å². The Hall–Kier alpha value is -1.44. The first-order chi connectivity index (χ1) is 6.40. The minimum absolute atomic E-state index is 0.181. The second-order valence-electron chi connectivity index (χ2n) is 2.93. The SMILES string of the molecule is N#Cc1cncc(C2CCON2)c1. The maximum atomic E-state index is 8.66. The maximum absolute atomic E-state index is 8.66. The molecule has 0 amide bonds. The molecule has 0 radical (unpaired) electrons. The van der Waals surface area contributed by atoms with E-state index in [1.54, 1.807) is 12.4 Å². The smallest absolute Gasteiger partial charge is 0.101 e. The van der Waals surface area contributed by atoms with E-state index in [1.807, 2.05) is 6.07 Å². The van der Waals surface area contributed by atoms with Gasteiger partial charge in [-0.2, -0.15) is 10.7 Å². The van der Waals surface area contributed by atoms with Crippen molar-refractivity contribution >= 4 is 0 Å². The summed E-state index contributed by atoms with van der Waals surface area (Å²) >= 11 is 0. The molecule has 0 aromatic carbocycles. The van der Waals surface area contributed by atoms with E-state index in [0.29, 0.717) is 12.2 Å². The van der Waals surface area contributed by atoms with Gasteiger partial charge in [0.25, 0.3) is 0 Å². The highest BCUT2D eigenvalue weighted by molar-refractivity contribution is 5.30. The summed E-state index contributed by atoms with van der Waals surface area (Å²) in [7, 11) is 0. The highest BCUT2D eigenvalue weighted by atomic mass is 16.7. The summed E-state index contributed by atoms with van der Waals surface area (Å²) in [4.78, 5) is 9.01. The topological polar surface area (TPSA) is 57.9 Å². The van der Waals surface area contributed by atoms with Crippen LogP contribution in [0.4, 0.5) is 0 Å². The number of hydrogen-bond acceptors (Lipinski definition) is 4. The van der Waals surface area contributed by atoms with Gasteiger partial charge >= 0.3 is 0 Å². The van der Waals surface area contributed by atoms with Crippen LogP contribution in [-0.4, -0.2) is 11.6 Å². The van der Waals surface area contributed by atoms with E-state index in [-0.39, 0.29) is 6.04 Å². The zero-order valence-electron chi connectivity index (χ0n) is 7.03. The van der Waals surface area contributed by atoms with Crippen LogP contribution in [0.25, 0.3) is 0 Å². The Bertz CT molecular complexity index is 339. The van der Waals surface area contributed by atoms with Crippen molar-refractivity contribution in [3.05, 3.63) is 29.6 Å². The second kappa shape index (κ2) is 3.52. The predicted octanol–water partition coefficient (Wildman–Crippen LogP) is 0.919. The molecule has 2 heterocycles. The Kier molecular flexibility index (Phi) is 2.21. The van der Waals surface area contributed by atoms with Gasteiger partial charge < -0.3 is 4.84 Å². The fraction of sp³-hybridized carbons (Fsp3) is 0.333. The van der Waals surface area contributed by atoms with Crippen LogP contribution in [0.5, 0.6) is 0 Å². The van der Waals surface area contributed by atoms with Gasteiger partial charge in [0.15, 0.2) is 0 Å². The molecule has 1 unspecified atom stereocenters. The lowest BCUT2D eigenvalue weighted by molar-refractivity contribution is 0.0882. The Morgan fingerprint density at radius 2 is 2.54 bits per heavy atom. The summed E-state index contributed by atoms with van der Waals surface area (Å²) in [5.41, 5.74) is 4.47. The van der Waals surface area contributed by atoms with E-state index in [1.165, 1.54) is 0 Å². The molecule has 0 saturated carbocycles. The Morgan fingerprint density at radius 3 is 3.23 bits per heavy atom. The summed E-state index contributed by atoms with van der Waals surface area (Å²) in [6.07, 6.45) is 4.24. The third-order valence-corrected chi connectivity index (χ3v) is 2.03. The minimum Gasteiger partial charge on any atom is -0.301 e. The largest absolute Gasteiger partial charge is 0.301 e. The van der Waals surface area contributed by atoms with Gasteiger partial charge in [0.05, 0.1) is 18.2 Å². The number of nitriles is 1. The van der Waals surface area contributed by atoms with Gasteiger partial charge in [-0.15, -0.1) is 0 Å².